The first-order valence-corrected chi connectivity index (χ1v) is 6.71. The zero-order valence-corrected chi connectivity index (χ0v) is 11.3. The number of hydrogen-bond acceptors (Lipinski definition) is 3. The highest BCUT2D eigenvalue weighted by Crippen LogP contribution is 2.42. The van der Waals surface area contributed by atoms with Crippen molar-refractivity contribution in [3.8, 4) is 0 Å². The molecular formula is C13H22N2O3. The minimum Gasteiger partial charge on any atom is -0.392 e. The maximum absolute atomic E-state index is 12.6. The van der Waals surface area contributed by atoms with E-state index in [2.05, 4.69) is 5.32 Å². The first-order valence-electron chi connectivity index (χ1n) is 6.71. The number of aliphatic hydroxyl groups is 1. The molecule has 0 aromatic heterocycles. The van der Waals surface area contributed by atoms with Crippen LogP contribution in [0.25, 0.3) is 0 Å². The summed E-state index contributed by atoms with van der Waals surface area (Å²) in [6, 6.07) is -0.360. The van der Waals surface area contributed by atoms with Crippen LogP contribution in [0.5, 0.6) is 0 Å². The van der Waals surface area contributed by atoms with Crippen molar-refractivity contribution >= 4 is 11.9 Å². The van der Waals surface area contributed by atoms with Gasteiger partial charge in [0.25, 0.3) is 5.91 Å². The summed E-state index contributed by atoms with van der Waals surface area (Å²) in [6.45, 7) is 5.71. The average molecular weight is 254 g/mol. The highest BCUT2D eigenvalue weighted by molar-refractivity contribution is 6.07. The van der Waals surface area contributed by atoms with Crippen molar-refractivity contribution in [2.24, 2.45) is 11.8 Å². The highest BCUT2D eigenvalue weighted by Gasteiger charge is 2.58. The van der Waals surface area contributed by atoms with Gasteiger partial charge in [-0.1, -0.05) is 20.3 Å². The summed E-state index contributed by atoms with van der Waals surface area (Å²) in [5.41, 5.74) is -0.746. The number of rotatable bonds is 2. The van der Waals surface area contributed by atoms with E-state index in [9.17, 15) is 14.7 Å². The maximum Gasteiger partial charge on any atom is 0.325 e. The lowest BCUT2D eigenvalue weighted by Crippen LogP contribution is -2.59. The molecule has 0 aromatic carbocycles. The molecule has 3 amide bonds. The molecular weight excluding hydrogens is 232 g/mol. The van der Waals surface area contributed by atoms with E-state index in [-0.39, 0.29) is 30.3 Å². The SMILES string of the molecule is CC(O)CN1C(=O)NC2(C1=O)C(C)CCCC2C. The first-order chi connectivity index (χ1) is 8.39. The second-order valence-electron chi connectivity index (χ2n) is 5.80. The molecule has 102 valence electrons. The van der Waals surface area contributed by atoms with Crippen molar-refractivity contribution < 1.29 is 14.7 Å². The third-order valence-electron chi connectivity index (χ3n) is 4.43. The van der Waals surface area contributed by atoms with Crippen LogP contribution in [0.4, 0.5) is 4.79 Å². The van der Waals surface area contributed by atoms with Crippen molar-refractivity contribution in [2.75, 3.05) is 6.54 Å². The van der Waals surface area contributed by atoms with Crippen molar-refractivity contribution in [1.29, 1.82) is 0 Å². The van der Waals surface area contributed by atoms with Gasteiger partial charge < -0.3 is 10.4 Å². The van der Waals surface area contributed by atoms with Gasteiger partial charge in [-0.05, 0) is 31.6 Å². The molecule has 2 aliphatic rings. The highest BCUT2D eigenvalue weighted by atomic mass is 16.3. The Morgan fingerprint density at radius 3 is 2.44 bits per heavy atom. The molecule has 2 rings (SSSR count). The predicted molar refractivity (Wildman–Crippen MR) is 66.8 cm³/mol. The van der Waals surface area contributed by atoms with Crippen molar-refractivity contribution in [2.45, 2.75) is 51.7 Å². The molecule has 2 fully saturated rings. The first kappa shape index (κ1) is 13.3. The number of imide groups is 1. The lowest BCUT2D eigenvalue weighted by Gasteiger charge is -2.42. The molecule has 5 heteroatoms. The fourth-order valence-electron chi connectivity index (χ4n) is 3.38. The van der Waals surface area contributed by atoms with Crippen LogP contribution in [-0.2, 0) is 4.79 Å². The summed E-state index contributed by atoms with van der Waals surface area (Å²) in [6.07, 6.45) is 2.32. The Bertz CT molecular complexity index is 357. The van der Waals surface area contributed by atoms with Crippen LogP contribution in [0.15, 0.2) is 0 Å². The van der Waals surface area contributed by atoms with Crippen molar-refractivity contribution in [3.63, 3.8) is 0 Å². The molecule has 5 nitrogen and oxygen atoms in total. The Kier molecular flexibility index (Phi) is 3.36. The molecule has 2 N–H and O–H groups in total. The quantitative estimate of drug-likeness (QED) is 0.725. The van der Waals surface area contributed by atoms with Gasteiger partial charge in [0, 0.05) is 0 Å². The minimum atomic E-state index is -0.746. The van der Waals surface area contributed by atoms with E-state index in [0.29, 0.717) is 0 Å². The van der Waals surface area contributed by atoms with Crippen LogP contribution < -0.4 is 5.32 Å². The Morgan fingerprint density at radius 2 is 1.94 bits per heavy atom. The monoisotopic (exact) mass is 254 g/mol. The van der Waals surface area contributed by atoms with Crippen LogP contribution in [0.1, 0.15) is 40.0 Å². The van der Waals surface area contributed by atoms with Crippen LogP contribution >= 0.6 is 0 Å². The fourth-order valence-corrected chi connectivity index (χ4v) is 3.38. The maximum atomic E-state index is 12.6. The zero-order valence-electron chi connectivity index (χ0n) is 11.3. The fraction of sp³-hybridized carbons (Fsp3) is 0.846. The second-order valence-corrected chi connectivity index (χ2v) is 5.80. The zero-order chi connectivity index (χ0) is 13.5. The van der Waals surface area contributed by atoms with E-state index in [1.165, 1.54) is 4.90 Å². The lowest BCUT2D eigenvalue weighted by molar-refractivity contribution is -0.137. The van der Waals surface area contributed by atoms with Crippen LogP contribution in [0.2, 0.25) is 0 Å². The van der Waals surface area contributed by atoms with Gasteiger partial charge in [0.2, 0.25) is 0 Å². The van der Waals surface area contributed by atoms with E-state index < -0.39 is 11.6 Å². The van der Waals surface area contributed by atoms with E-state index in [1.54, 1.807) is 6.92 Å². The topological polar surface area (TPSA) is 69.6 Å². The van der Waals surface area contributed by atoms with E-state index >= 15 is 0 Å². The Balaban J connectivity index is 2.29. The smallest absolute Gasteiger partial charge is 0.325 e. The van der Waals surface area contributed by atoms with Crippen LogP contribution in [-0.4, -0.2) is 40.1 Å². The molecule has 3 atom stereocenters. The molecule has 0 radical (unpaired) electrons. The number of carbonyl (C=O) groups excluding carboxylic acids is 2. The third-order valence-corrected chi connectivity index (χ3v) is 4.43. The van der Waals surface area contributed by atoms with E-state index in [4.69, 9.17) is 0 Å². The van der Waals surface area contributed by atoms with E-state index in [1.807, 2.05) is 13.8 Å². The van der Waals surface area contributed by atoms with Gasteiger partial charge in [0.05, 0.1) is 12.6 Å². The summed E-state index contributed by atoms with van der Waals surface area (Å²) in [5.74, 6) is 0.140. The van der Waals surface area contributed by atoms with E-state index in [0.717, 1.165) is 19.3 Å². The van der Waals surface area contributed by atoms with Gasteiger partial charge in [-0.25, -0.2) is 4.79 Å². The molecule has 1 saturated carbocycles. The van der Waals surface area contributed by atoms with Gasteiger partial charge in [-0.15, -0.1) is 0 Å². The van der Waals surface area contributed by atoms with Gasteiger partial charge >= 0.3 is 6.03 Å². The molecule has 1 saturated heterocycles. The number of β-amino-alcohol motifs (C(OH)–C–C–N with tert-alkyl or cyclic N) is 1. The lowest BCUT2D eigenvalue weighted by atomic mass is 9.67. The number of carbonyl (C=O) groups is 2. The number of hydrogen-bond donors (Lipinski definition) is 2. The van der Waals surface area contributed by atoms with Crippen LogP contribution in [0, 0.1) is 11.8 Å². The summed E-state index contributed by atoms with van der Waals surface area (Å²) in [4.78, 5) is 25.7. The average Bonchev–Trinajstić information content (AvgIpc) is 2.52. The molecule has 1 aliphatic heterocycles. The second kappa shape index (κ2) is 4.53. The largest absolute Gasteiger partial charge is 0.392 e. The Hall–Kier alpha value is -1.10. The molecule has 1 heterocycles. The summed E-state index contributed by atoms with van der Waals surface area (Å²) >= 11 is 0. The minimum absolute atomic E-state index is 0.0753. The molecule has 1 spiro atoms. The number of urea groups is 1. The number of amides is 3. The summed E-state index contributed by atoms with van der Waals surface area (Å²) < 4.78 is 0. The summed E-state index contributed by atoms with van der Waals surface area (Å²) in [5, 5.41) is 12.3. The predicted octanol–water partition coefficient (Wildman–Crippen LogP) is 1.11. The van der Waals surface area contributed by atoms with Crippen molar-refractivity contribution in [3.05, 3.63) is 0 Å². The molecule has 0 bridgehead atoms. The Morgan fingerprint density at radius 1 is 1.39 bits per heavy atom. The molecule has 0 aromatic rings. The third kappa shape index (κ3) is 1.81. The van der Waals surface area contributed by atoms with Gasteiger partial charge in [-0.3, -0.25) is 9.69 Å². The van der Waals surface area contributed by atoms with Gasteiger partial charge in [-0.2, -0.15) is 0 Å². The number of aliphatic hydroxyl groups excluding tert-OH is 1. The molecule has 3 unspecified atom stereocenters. The van der Waals surface area contributed by atoms with Crippen molar-refractivity contribution in [1.82, 2.24) is 10.2 Å². The van der Waals surface area contributed by atoms with Crippen LogP contribution in [0.3, 0.4) is 0 Å². The molecule has 1 aliphatic carbocycles. The summed E-state index contributed by atoms with van der Waals surface area (Å²) in [7, 11) is 0. The van der Waals surface area contributed by atoms with Gasteiger partial charge in [0.15, 0.2) is 0 Å². The normalized spacial score (nSPS) is 38.1. The van der Waals surface area contributed by atoms with Gasteiger partial charge in [0.1, 0.15) is 5.54 Å². The number of nitrogens with zero attached hydrogens (tertiary/aromatic N) is 1. The standard InChI is InChI=1S/C13H22N2O3/c1-8-5-4-6-9(2)13(8)11(17)15(7-10(3)16)12(18)14-13/h8-10,16H,4-7H2,1-3H3,(H,14,18). The Labute approximate surface area is 108 Å². The molecule has 18 heavy (non-hydrogen) atoms. The number of nitrogens with one attached hydrogen (secondary N) is 1.